The van der Waals surface area contributed by atoms with E-state index in [4.69, 9.17) is 5.11 Å². The zero-order valence-corrected chi connectivity index (χ0v) is 24.0. The largest absolute Gasteiger partial charge is 0.481 e. The highest BCUT2D eigenvalue weighted by molar-refractivity contribution is 5.82. The molecule has 0 aliphatic heterocycles. The minimum absolute atomic E-state index is 0.321. The quantitative estimate of drug-likeness (QED) is 0.0944. The molecule has 0 amide bonds. The van der Waals surface area contributed by atoms with Crippen molar-refractivity contribution < 1.29 is 19.8 Å². The van der Waals surface area contributed by atoms with Gasteiger partial charge in [-0.05, 0) is 19.3 Å². The van der Waals surface area contributed by atoms with E-state index < -0.39 is 11.9 Å². The molecule has 0 saturated carbocycles. The number of aliphatic carboxylic acids is 2. The van der Waals surface area contributed by atoms with Gasteiger partial charge < -0.3 is 10.2 Å². The van der Waals surface area contributed by atoms with Crippen molar-refractivity contribution >= 4 is 11.9 Å². The van der Waals surface area contributed by atoms with Gasteiger partial charge in [-0.3, -0.25) is 9.59 Å². The molecule has 0 aliphatic rings. The summed E-state index contributed by atoms with van der Waals surface area (Å²) in [5.74, 6) is -0.574. The second-order valence-electron chi connectivity index (χ2n) is 11.0. The van der Waals surface area contributed by atoms with Crippen molar-refractivity contribution in [3.05, 3.63) is 5.92 Å². The standard InChI is InChI=1S/C32H61O4/c1-2-3-4-5-6-7-15-18-21-24-27-30(32(35)36)28-25-22-19-16-13-11-9-8-10-12-14-17-20-23-26-29-31(33)34/h2-29H2,1H3,(H,33,34)(H,35,36). The molecule has 36 heavy (non-hydrogen) atoms. The van der Waals surface area contributed by atoms with Crippen LogP contribution in [0.5, 0.6) is 0 Å². The molecule has 0 spiro atoms. The van der Waals surface area contributed by atoms with Crippen LogP contribution in [0.15, 0.2) is 0 Å². The smallest absolute Gasteiger partial charge is 0.310 e. The topological polar surface area (TPSA) is 74.6 Å². The molecule has 4 nitrogen and oxygen atoms in total. The van der Waals surface area contributed by atoms with Gasteiger partial charge in [0.15, 0.2) is 0 Å². The van der Waals surface area contributed by atoms with E-state index in [0.29, 0.717) is 6.42 Å². The number of carboxylic acids is 2. The lowest BCUT2D eigenvalue weighted by atomic mass is 9.94. The van der Waals surface area contributed by atoms with Crippen molar-refractivity contribution in [1.29, 1.82) is 0 Å². The molecule has 0 aromatic heterocycles. The lowest BCUT2D eigenvalue weighted by molar-refractivity contribution is -0.137. The summed E-state index contributed by atoms with van der Waals surface area (Å²) in [5.41, 5.74) is 0. The Balaban J connectivity index is 3.38. The number of carboxylic acid groups (broad SMARTS) is 2. The predicted molar refractivity (Wildman–Crippen MR) is 153 cm³/mol. The number of unbranched alkanes of at least 4 members (excludes halogenated alkanes) is 23. The van der Waals surface area contributed by atoms with Crippen LogP contribution in [-0.2, 0) is 9.59 Å². The zero-order valence-electron chi connectivity index (χ0n) is 24.0. The van der Waals surface area contributed by atoms with Gasteiger partial charge in [0.25, 0.3) is 0 Å². The maximum absolute atomic E-state index is 11.5. The summed E-state index contributed by atoms with van der Waals surface area (Å²) in [7, 11) is 0. The minimum Gasteiger partial charge on any atom is -0.481 e. The third kappa shape index (κ3) is 27.5. The predicted octanol–water partition coefficient (Wildman–Crippen LogP) is 10.7. The third-order valence-electron chi connectivity index (χ3n) is 7.50. The number of hydrogen-bond acceptors (Lipinski definition) is 2. The average Bonchev–Trinajstić information content (AvgIpc) is 2.85. The zero-order chi connectivity index (χ0) is 26.5. The molecule has 0 aromatic carbocycles. The minimum atomic E-state index is -0.671. The third-order valence-corrected chi connectivity index (χ3v) is 7.50. The Labute approximate surface area is 224 Å². The van der Waals surface area contributed by atoms with Crippen molar-refractivity contribution in [2.45, 2.75) is 187 Å². The van der Waals surface area contributed by atoms with Crippen LogP contribution in [0, 0.1) is 5.92 Å². The lowest BCUT2D eigenvalue weighted by Gasteiger charge is -2.11. The van der Waals surface area contributed by atoms with E-state index in [-0.39, 0.29) is 0 Å². The molecule has 0 bridgehead atoms. The Morgan fingerprint density at radius 1 is 0.389 bits per heavy atom. The van der Waals surface area contributed by atoms with E-state index in [0.717, 1.165) is 44.4 Å². The average molecular weight is 510 g/mol. The van der Waals surface area contributed by atoms with Gasteiger partial charge in [-0.2, -0.15) is 0 Å². The first-order valence-corrected chi connectivity index (χ1v) is 15.9. The van der Waals surface area contributed by atoms with E-state index in [2.05, 4.69) is 6.92 Å². The van der Waals surface area contributed by atoms with Crippen LogP contribution in [0.2, 0.25) is 0 Å². The first-order chi connectivity index (χ1) is 17.6. The monoisotopic (exact) mass is 509 g/mol. The van der Waals surface area contributed by atoms with Crippen molar-refractivity contribution in [3.8, 4) is 0 Å². The molecular formula is C32H61O4. The molecule has 213 valence electrons. The van der Waals surface area contributed by atoms with Gasteiger partial charge in [-0.15, -0.1) is 0 Å². The van der Waals surface area contributed by atoms with Gasteiger partial charge in [0.1, 0.15) is 0 Å². The highest BCUT2D eigenvalue weighted by Gasteiger charge is 2.17. The molecule has 0 fully saturated rings. The van der Waals surface area contributed by atoms with Gasteiger partial charge in [0.2, 0.25) is 0 Å². The van der Waals surface area contributed by atoms with Crippen LogP contribution < -0.4 is 0 Å². The van der Waals surface area contributed by atoms with Crippen LogP contribution in [0.25, 0.3) is 0 Å². The van der Waals surface area contributed by atoms with Gasteiger partial charge >= 0.3 is 11.9 Å². The second-order valence-corrected chi connectivity index (χ2v) is 11.0. The molecule has 4 heteroatoms. The fourth-order valence-electron chi connectivity index (χ4n) is 5.08. The molecule has 0 heterocycles. The highest BCUT2D eigenvalue weighted by Crippen LogP contribution is 2.22. The van der Waals surface area contributed by atoms with Crippen LogP contribution >= 0.6 is 0 Å². The Kier molecular flexibility index (Phi) is 27.7. The Bertz CT molecular complexity index is 477. The van der Waals surface area contributed by atoms with Crippen LogP contribution in [0.3, 0.4) is 0 Å². The van der Waals surface area contributed by atoms with Crippen LogP contribution in [-0.4, -0.2) is 22.2 Å². The van der Waals surface area contributed by atoms with Crippen molar-refractivity contribution in [1.82, 2.24) is 0 Å². The molecular weight excluding hydrogens is 448 g/mol. The van der Waals surface area contributed by atoms with Crippen LogP contribution in [0.1, 0.15) is 187 Å². The van der Waals surface area contributed by atoms with E-state index in [9.17, 15) is 14.7 Å². The number of rotatable bonds is 30. The fraction of sp³-hybridized carbons (Fsp3) is 0.906. The summed E-state index contributed by atoms with van der Waals surface area (Å²) in [6, 6.07) is 0. The van der Waals surface area contributed by atoms with Gasteiger partial charge in [-0.1, -0.05) is 161 Å². The maximum atomic E-state index is 11.5. The normalized spacial score (nSPS) is 11.4. The molecule has 0 saturated heterocycles. The molecule has 0 unspecified atom stereocenters. The van der Waals surface area contributed by atoms with Gasteiger partial charge in [0, 0.05) is 6.42 Å². The van der Waals surface area contributed by atoms with E-state index in [1.54, 1.807) is 0 Å². The summed E-state index contributed by atoms with van der Waals surface area (Å²) < 4.78 is 0. The number of carbonyl (C=O) groups is 2. The Morgan fingerprint density at radius 2 is 0.639 bits per heavy atom. The van der Waals surface area contributed by atoms with Gasteiger partial charge in [0.05, 0.1) is 5.92 Å². The number of hydrogen-bond donors (Lipinski definition) is 2. The van der Waals surface area contributed by atoms with E-state index in [1.807, 2.05) is 0 Å². The highest BCUT2D eigenvalue weighted by atomic mass is 16.4. The molecule has 0 aliphatic carbocycles. The first-order valence-electron chi connectivity index (χ1n) is 15.9. The maximum Gasteiger partial charge on any atom is 0.310 e. The summed E-state index contributed by atoms with van der Waals surface area (Å²) in [6.45, 7) is 2.26. The fourth-order valence-corrected chi connectivity index (χ4v) is 5.08. The van der Waals surface area contributed by atoms with Crippen molar-refractivity contribution in [2.75, 3.05) is 0 Å². The van der Waals surface area contributed by atoms with E-state index in [1.165, 1.54) is 135 Å². The van der Waals surface area contributed by atoms with Crippen LogP contribution in [0.4, 0.5) is 0 Å². The molecule has 0 rings (SSSR count). The van der Waals surface area contributed by atoms with E-state index >= 15 is 0 Å². The van der Waals surface area contributed by atoms with Gasteiger partial charge in [-0.25, -0.2) is 0 Å². The summed E-state index contributed by atoms with van der Waals surface area (Å²) in [4.78, 5) is 22.0. The molecule has 1 radical (unpaired) electrons. The molecule has 2 N–H and O–H groups in total. The second kappa shape index (κ2) is 28.5. The molecule has 0 atom stereocenters. The van der Waals surface area contributed by atoms with Crippen molar-refractivity contribution in [3.63, 3.8) is 0 Å². The van der Waals surface area contributed by atoms with Crippen molar-refractivity contribution in [2.24, 2.45) is 0 Å². The first kappa shape index (κ1) is 34.9. The Hall–Kier alpha value is -1.06. The summed E-state index contributed by atoms with van der Waals surface area (Å²) in [5, 5.41) is 18.1. The summed E-state index contributed by atoms with van der Waals surface area (Å²) >= 11 is 0. The SMILES string of the molecule is CCCCCCCCCCCC[C](CCCCCCCCCCCCCCCCCC(=O)O)C(=O)O. The lowest BCUT2D eigenvalue weighted by Crippen LogP contribution is -2.11. The summed E-state index contributed by atoms with van der Waals surface area (Å²) in [6.07, 6.45) is 33.2. The Morgan fingerprint density at radius 3 is 0.889 bits per heavy atom. The molecule has 0 aromatic rings.